The zero-order valence-electron chi connectivity index (χ0n) is 14.5. The Labute approximate surface area is 147 Å². The molecule has 134 valence electrons. The van der Waals surface area contributed by atoms with Gasteiger partial charge in [0.1, 0.15) is 10.6 Å². The summed E-state index contributed by atoms with van der Waals surface area (Å²) in [4.78, 5) is 13.8. The topological polar surface area (TPSA) is 83.7 Å². The van der Waals surface area contributed by atoms with Crippen LogP contribution in [0, 0.1) is 13.8 Å². The van der Waals surface area contributed by atoms with Crippen LogP contribution in [0.25, 0.3) is 0 Å². The SMILES string of the molecule is CC(=O)c1cccc(N2CCN(S(=O)(=O)c3c(C)noc3C)CC2)c1. The second kappa shape index (κ2) is 6.61. The fraction of sp³-hybridized carbons (Fsp3) is 0.412. The standard InChI is InChI=1S/C17H21N3O4S/c1-12-17(14(3)24-18-12)25(22,23)20-9-7-19(8-10-20)16-6-4-5-15(11-16)13(2)21/h4-6,11H,7-10H2,1-3H3. The maximum atomic E-state index is 12.8. The molecule has 2 aromatic rings. The minimum atomic E-state index is -3.61. The fourth-order valence-corrected chi connectivity index (χ4v) is 4.79. The zero-order chi connectivity index (χ0) is 18.2. The fourth-order valence-electron chi connectivity index (χ4n) is 3.08. The molecule has 1 saturated heterocycles. The van der Waals surface area contributed by atoms with Crippen LogP contribution in [0.1, 0.15) is 28.7 Å². The Morgan fingerprint density at radius 1 is 1.16 bits per heavy atom. The molecule has 8 heteroatoms. The van der Waals surface area contributed by atoms with Crippen molar-refractivity contribution in [3.63, 3.8) is 0 Å². The smallest absolute Gasteiger partial charge is 0.248 e. The van der Waals surface area contributed by atoms with Gasteiger partial charge in [-0.15, -0.1) is 0 Å². The number of anilines is 1. The molecule has 0 saturated carbocycles. The number of hydrogen-bond acceptors (Lipinski definition) is 6. The highest BCUT2D eigenvalue weighted by atomic mass is 32.2. The monoisotopic (exact) mass is 363 g/mol. The number of nitrogens with zero attached hydrogens (tertiary/aromatic N) is 3. The van der Waals surface area contributed by atoms with Gasteiger partial charge in [0.05, 0.1) is 0 Å². The van der Waals surface area contributed by atoms with Crippen molar-refractivity contribution in [2.45, 2.75) is 25.7 Å². The molecule has 7 nitrogen and oxygen atoms in total. The molecule has 0 radical (unpaired) electrons. The lowest BCUT2D eigenvalue weighted by Gasteiger charge is -2.35. The average molecular weight is 363 g/mol. The van der Waals surface area contributed by atoms with Crippen molar-refractivity contribution in [1.82, 2.24) is 9.46 Å². The number of aromatic nitrogens is 1. The first-order valence-corrected chi connectivity index (χ1v) is 9.53. The van der Waals surface area contributed by atoms with E-state index < -0.39 is 10.0 Å². The number of piperazine rings is 1. The van der Waals surface area contributed by atoms with Crippen LogP contribution in [0.15, 0.2) is 33.7 Å². The molecule has 3 rings (SSSR count). The Balaban J connectivity index is 1.76. The second-order valence-corrected chi connectivity index (χ2v) is 8.03. The van der Waals surface area contributed by atoms with Gasteiger partial charge in [-0.1, -0.05) is 17.3 Å². The van der Waals surface area contributed by atoms with Crippen LogP contribution in [-0.4, -0.2) is 49.8 Å². The second-order valence-electron chi connectivity index (χ2n) is 6.15. The number of rotatable bonds is 4. The number of ketones is 1. The summed E-state index contributed by atoms with van der Waals surface area (Å²) in [5, 5.41) is 3.74. The molecule has 1 aliphatic rings. The average Bonchev–Trinajstić information content (AvgIpc) is 2.94. The summed E-state index contributed by atoms with van der Waals surface area (Å²) in [7, 11) is -3.61. The largest absolute Gasteiger partial charge is 0.369 e. The van der Waals surface area contributed by atoms with Crippen molar-refractivity contribution in [2.75, 3.05) is 31.1 Å². The highest BCUT2D eigenvalue weighted by Gasteiger charge is 2.33. The molecule has 0 bridgehead atoms. The van der Waals surface area contributed by atoms with Crippen molar-refractivity contribution in [3.8, 4) is 0 Å². The molecule has 0 amide bonds. The highest BCUT2D eigenvalue weighted by Crippen LogP contribution is 2.25. The molecule has 1 aromatic carbocycles. The third-order valence-corrected chi connectivity index (χ3v) is 6.57. The van der Waals surface area contributed by atoms with Gasteiger partial charge in [0, 0.05) is 37.4 Å². The minimum Gasteiger partial charge on any atom is -0.369 e. The molecular formula is C17H21N3O4S. The summed E-state index contributed by atoms with van der Waals surface area (Å²) in [5.74, 6) is 0.329. The van der Waals surface area contributed by atoms with Crippen LogP contribution in [0.5, 0.6) is 0 Å². The molecular weight excluding hydrogens is 342 g/mol. The van der Waals surface area contributed by atoms with Gasteiger partial charge < -0.3 is 9.42 Å². The van der Waals surface area contributed by atoms with Gasteiger partial charge in [-0.2, -0.15) is 4.31 Å². The normalized spacial score (nSPS) is 16.2. The van der Waals surface area contributed by atoms with E-state index in [1.54, 1.807) is 19.9 Å². The molecule has 0 unspecified atom stereocenters. The number of benzene rings is 1. The number of sulfonamides is 1. The Kier molecular flexibility index (Phi) is 4.66. The molecule has 1 aromatic heterocycles. The number of aryl methyl sites for hydroxylation is 2. The van der Waals surface area contributed by atoms with Crippen LogP contribution in [0.4, 0.5) is 5.69 Å². The summed E-state index contributed by atoms with van der Waals surface area (Å²) in [6.07, 6.45) is 0. The predicted octanol–water partition coefficient (Wildman–Crippen LogP) is 2.00. The Bertz CT molecular complexity index is 877. The molecule has 0 N–H and O–H groups in total. The predicted molar refractivity (Wildman–Crippen MR) is 93.4 cm³/mol. The van der Waals surface area contributed by atoms with Gasteiger partial charge in [-0.3, -0.25) is 4.79 Å². The van der Waals surface area contributed by atoms with Gasteiger partial charge in [-0.05, 0) is 32.9 Å². The number of hydrogen-bond donors (Lipinski definition) is 0. The van der Waals surface area contributed by atoms with E-state index in [2.05, 4.69) is 10.1 Å². The maximum Gasteiger partial charge on any atom is 0.248 e. The zero-order valence-corrected chi connectivity index (χ0v) is 15.3. The van der Waals surface area contributed by atoms with E-state index in [4.69, 9.17) is 4.52 Å². The molecule has 0 atom stereocenters. The number of Topliss-reactive ketones (excluding diaryl/α,β-unsaturated/α-hetero) is 1. The first-order chi connectivity index (χ1) is 11.8. The van der Waals surface area contributed by atoms with Crippen LogP contribution in [0.2, 0.25) is 0 Å². The van der Waals surface area contributed by atoms with Crippen molar-refractivity contribution in [1.29, 1.82) is 0 Å². The van der Waals surface area contributed by atoms with E-state index in [0.29, 0.717) is 43.2 Å². The quantitative estimate of drug-likeness (QED) is 0.773. The van der Waals surface area contributed by atoms with Gasteiger partial charge in [0.25, 0.3) is 0 Å². The summed E-state index contributed by atoms with van der Waals surface area (Å²) in [6.45, 7) is 6.64. The van der Waals surface area contributed by atoms with Gasteiger partial charge in [0.2, 0.25) is 10.0 Å². The Hall–Kier alpha value is -2.19. The third-order valence-electron chi connectivity index (χ3n) is 4.42. The Morgan fingerprint density at radius 2 is 1.84 bits per heavy atom. The molecule has 25 heavy (non-hydrogen) atoms. The van der Waals surface area contributed by atoms with Crippen LogP contribution < -0.4 is 4.90 Å². The van der Waals surface area contributed by atoms with Gasteiger partial charge in [0.15, 0.2) is 11.5 Å². The summed E-state index contributed by atoms with van der Waals surface area (Å²) in [5.41, 5.74) is 1.97. The van der Waals surface area contributed by atoms with Crippen LogP contribution in [0.3, 0.4) is 0 Å². The van der Waals surface area contributed by atoms with Crippen molar-refractivity contribution in [2.24, 2.45) is 0 Å². The van der Waals surface area contributed by atoms with E-state index in [-0.39, 0.29) is 10.7 Å². The highest BCUT2D eigenvalue weighted by molar-refractivity contribution is 7.89. The lowest BCUT2D eigenvalue weighted by molar-refractivity contribution is 0.101. The number of carbonyl (C=O) groups is 1. The molecule has 2 heterocycles. The lowest BCUT2D eigenvalue weighted by Crippen LogP contribution is -2.48. The summed E-state index contributed by atoms with van der Waals surface area (Å²) in [6, 6.07) is 7.41. The maximum absolute atomic E-state index is 12.8. The van der Waals surface area contributed by atoms with E-state index in [1.807, 2.05) is 18.2 Å². The first kappa shape index (κ1) is 17.6. The van der Waals surface area contributed by atoms with E-state index >= 15 is 0 Å². The van der Waals surface area contributed by atoms with Crippen molar-refractivity contribution >= 4 is 21.5 Å². The molecule has 1 aliphatic heterocycles. The molecule has 0 spiro atoms. The van der Waals surface area contributed by atoms with Gasteiger partial charge in [-0.25, -0.2) is 8.42 Å². The van der Waals surface area contributed by atoms with Gasteiger partial charge >= 0.3 is 0 Å². The Morgan fingerprint density at radius 3 is 2.40 bits per heavy atom. The van der Waals surface area contributed by atoms with E-state index in [1.165, 1.54) is 11.2 Å². The summed E-state index contributed by atoms with van der Waals surface area (Å²) >= 11 is 0. The van der Waals surface area contributed by atoms with E-state index in [0.717, 1.165) is 5.69 Å². The minimum absolute atomic E-state index is 0.0153. The third kappa shape index (κ3) is 3.32. The van der Waals surface area contributed by atoms with Crippen molar-refractivity contribution in [3.05, 3.63) is 41.3 Å². The molecule has 0 aliphatic carbocycles. The van der Waals surface area contributed by atoms with Crippen LogP contribution >= 0.6 is 0 Å². The van der Waals surface area contributed by atoms with Crippen molar-refractivity contribution < 1.29 is 17.7 Å². The number of carbonyl (C=O) groups excluding carboxylic acids is 1. The van der Waals surface area contributed by atoms with E-state index in [9.17, 15) is 13.2 Å². The molecule has 1 fully saturated rings. The van der Waals surface area contributed by atoms with Crippen LogP contribution in [-0.2, 0) is 10.0 Å². The first-order valence-electron chi connectivity index (χ1n) is 8.09. The summed E-state index contributed by atoms with van der Waals surface area (Å²) < 4.78 is 32.1. The lowest BCUT2D eigenvalue weighted by atomic mass is 10.1.